The van der Waals surface area contributed by atoms with E-state index in [9.17, 15) is 9.59 Å². The number of hydrogen-bond donors (Lipinski definition) is 2. The molecule has 3 rings (SSSR count). The average Bonchev–Trinajstić information content (AvgIpc) is 2.65. The first-order valence-electron chi connectivity index (χ1n) is 8.11. The summed E-state index contributed by atoms with van der Waals surface area (Å²) in [7, 11) is 0. The molecule has 2 aromatic carbocycles. The fourth-order valence-corrected chi connectivity index (χ4v) is 2.98. The fraction of sp³-hybridized carbons (Fsp3) is 0.200. The molecule has 1 unspecified atom stereocenters. The monoisotopic (exact) mass is 368 g/mol. The number of anilines is 1. The van der Waals surface area contributed by atoms with Gasteiger partial charge in [0, 0.05) is 5.02 Å². The molecule has 1 heterocycles. The molecule has 0 aromatic heterocycles. The maximum Gasteiger partial charge on any atom is 0.254 e. The quantitative estimate of drug-likeness (QED) is 0.815. The molecule has 0 fully saturated rings. The maximum atomic E-state index is 12.7. The van der Waals surface area contributed by atoms with Gasteiger partial charge in [0.1, 0.15) is 12.4 Å². The molecule has 0 bridgehead atoms. The molecule has 132 valence electrons. The number of amides is 2. The Morgan fingerprint density at radius 1 is 1.27 bits per heavy atom. The number of rotatable bonds is 4. The van der Waals surface area contributed by atoms with E-state index in [4.69, 9.17) is 22.8 Å². The van der Waals surface area contributed by atoms with Crippen molar-refractivity contribution in [3.05, 3.63) is 58.6 Å². The van der Waals surface area contributed by atoms with E-state index < -0.39 is 0 Å². The lowest BCUT2D eigenvalue weighted by molar-refractivity contribution is -0.121. The normalized spacial score (nSPS) is 15.2. The van der Waals surface area contributed by atoms with Crippen molar-refractivity contribution in [2.45, 2.75) is 6.42 Å². The summed E-state index contributed by atoms with van der Waals surface area (Å²) in [4.78, 5) is 24.8. The second-order valence-corrected chi connectivity index (χ2v) is 6.32. The van der Waals surface area contributed by atoms with Gasteiger partial charge >= 0.3 is 0 Å². The zero-order chi connectivity index (χ0) is 18.5. The van der Waals surface area contributed by atoms with Gasteiger partial charge in [-0.1, -0.05) is 29.7 Å². The Kier molecular flexibility index (Phi) is 5.45. The van der Waals surface area contributed by atoms with Crippen LogP contribution in [0.4, 0.5) is 5.69 Å². The van der Waals surface area contributed by atoms with Crippen LogP contribution in [0, 0.1) is 18.3 Å². The summed E-state index contributed by atoms with van der Waals surface area (Å²) in [6.45, 7) is 0.390. The highest BCUT2D eigenvalue weighted by molar-refractivity contribution is 6.30. The first-order valence-corrected chi connectivity index (χ1v) is 8.49. The Bertz CT molecular complexity index is 889. The second-order valence-electron chi connectivity index (χ2n) is 5.89. The summed E-state index contributed by atoms with van der Waals surface area (Å²) in [6, 6.07) is 12.1. The molecule has 1 atom stereocenters. The van der Waals surface area contributed by atoms with Gasteiger partial charge in [-0.05, 0) is 42.3 Å². The summed E-state index contributed by atoms with van der Waals surface area (Å²) < 4.78 is 5.66. The predicted molar refractivity (Wildman–Crippen MR) is 100 cm³/mol. The topological polar surface area (TPSA) is 67.4 Å². The van der Waals surface area contributed by atoms with Crippen LogP contribution in [0.1, 0.15) is 15.9 Å². The summed E-state index contributed by atoms with van der Waals surface area (Å²) in [5.41, 5.74) is 1.68. The van der Waals surface area contributed by atoms with Crippen molar-refractivity contribution in [2.24, 2.45) is 5.92 Å². The van der Waals surface area contributed by atoms with Gasteiger partial charge in [0.2, 0.25) is 5.91 Å². The molecule has 0 aliphatic carbocycles. The van der Waals surface area contributed by atoms with Crippen LogP contribution in [-0.2, 0) is 11.2 Å². The van der Waals surface area contributed by atoms with Crippen molar-refractivity contribution in [2.75, 3.05) is 18.5 Å². The SMILES string of the molecule is C#CCNC(=O)c1ccccc1NC(=O)C1COc2ccc(Cl)cc2C1. The lowest BCUT2D eigenvalue weighted by Gasteiger charge is -2.25. The summed E-state index contributed by atoms with van der Waals surface area (Å²) in [5, 5.41) is 6.01. The van der Waals surface area contributed by atoms with Gasteiger partial charge in [0.05, 0.1) is 23.7 Å². The predicted octanol–water partition coefficient (Wildman–Crippen LogP) is 2.89. The molecule has 2 amide bonds. The van der Waals surface area contributed by atoms with Crippen LogP contribution in [0.2, 0.25) is 5.02 Å². The number of carbonyl (C=O) groups excluding carboxylic acids is 2. The van der Waals surface area contributed by atoms with Gasteiger partial charge in [0.25, 0.3) is 5.91 Å². The molecular weight excluding hydrogens is 352 g/mol. The van der Waals surface area contributed by atoms with Crippen molar-refractivity contribution < 1.29 is 14.3 Å². The van der Waals surface area contributed by atoms with Gasteiger partial charge in [-0.2, -0.15) is 0 Å². The number of fused-ring (bicyclic) bond motifs is 1. The molecule has 1 aliphatic heterocycles. The van der Waals surface area contributed by atoms with E-state index in [1.54, 1.807) is 42.5 Å². The third kappa shape index (κ3) is 3.98. The molecule has 2 aromatic rings. The summed E-state index contributed by atoms with van der Waals surface area (Å²) >= 11 is 6.02. The third-order valence-electron chi connectivity index (χ3n) is 4.08. The lowest BCUT2D eigenvalue weighted by Crippen LogP contribution is -2.33. The van der Waals surface area contributed by atoms with Gasteiger partial charge in [-0.25, -0.2) is 0 Å². The number of carbonyl (C=O) groups is 2. The van der Waals surface area contributed by atoms with E-state index in [1.165, 1.54) is 0 Å². The van der Waals surface area contributed by atoms with Gasteiger partial charge in [-0.3, -0.25) is 9.59 Å². The largest absolute Gasteiger partial charge is 0.492 e. The molecule has 26 heavy (non-hydrogen) atoms. The van der Waals surface area contributed by atoms with Crippen LogP contribution in [0.5, 0.6) is 5.75 Å². The van der Waals surface area contributed by atoms with Gasteiger partial charge < -0.3 is 15.4 Å². The maximum absolute atomic E-state index is 12.7. The van der Waals surface area contributed by atoms with E-state index >= 15 is 0 Å². The van der Waals surface area contributed by atoms with Crippen molar-refractivity contribution in [1.29, 1.82) is 0 Å². The molecule has 0 saturated carbocycles. The minimum atomic E-state index is -0.372. The highest BCUT2D eigenvalue weighted by Crippen LogP contribution is 2.30. The number of terminal acetylenes is 1. The minimum absolute atomic E-state index is 0.120. The Morgan fingerprint density at radius 2 is 2.08 bits per heavy atom. The molecule has 0 spiro atoms. The number of hydrogen-bond acceptors (Lipinski definition) is 3. The average molecular weight is 369 g/mol. The van der Waals surface area contributed by atoms with Crippen LogP contribution in [-0.4, -0.2) is 25.0 Å². The molecule has 1 aliphatic rings. The number of benzene rings is 2. The lowest BCUT2D eigenvalue weighted by atomic mass is 9.96. The van der Waals surface area contributed by atoms with E-state index in [-0.39, 0.29) is 30.9 Å². The smallest absolute Gasteiger partial charge is 0.254 e. The van der Waals surface area contributed by atoms with Gasteiger partial charge in [0.15, 0.2) is 0 Å². The van der Waals surface area contributed by atoms with Crippen molar-refractivity contribution in [1.82, 2.24) is 5.32 Å². The van der Waals surface area contributed by atoms with Crippen LogP contribution in [0.25, 0.3) is 0 Å². The first-order chi connectivity index (χ1) is 12.6. The first kappa shape index (κ1) is 17.8. The standard InChI is InChI=1S/C20H17ClN2O3/c1-2-9-22-20(25)16-5-3-4-6-17(16)23-19(24)14-10-13-11-15(21)7-8-18(13)26-12-14/h1,3-8,11,14H,9-10,12H2,(H,22,25)(H,23,24). The van der Waals surface area contributed by atoms with Gasteiger partial charge in [-0.15, -0.1) is 6.42 Å². The number of halogens is 1. The molecule has 6 heteroatoms. The summed E-state index contributed by atoms with van der Waals surface area (Å²) in [5.74, 6) is 2.17. The number of nitrogens with one attached hydrogen (secondary N) is 2. The van der Waals surface area contributed by atoms with Crippen LogP contribution < -0.4 is 15.4 Å². The Morgan fingerprint density at radius 3 is 2.88 bits per heavy atom. The number of ether oxygens (including phenoxy) is 1. The fourth-order valence-electron chi connectivity index (χ4n) is 2.78. The van der Waals surface area contributed by atoms with Crippen LogP contribution >= 0.6 is 11.6 Å². The van der Waals surface area contributed by atoms with Crippen molar-refractivity contribution in [3.8, 4) is 18.1 Å². The molecule has 2 N–H and O–H groups in total. The Labute approximate surface area is 156 Å². The van der Waals surface area contributed by atoms with Crippen molar-refractivity contribution in [3.63, 3.8) is 0 Å². The highest BCUT2D eigenvalue weighted by atomic mass is 35.5. The van der Waals surface area contributed by atoms with Crippen molar-refractivity contribution >= 4 is 29.1 Å². The molecule has 0 saturated heterocycles. The highest BCUT2D eigenvalue weighted by Gasteiger charge is 2.27. The number of para-hydroxylation sites is 1. The zero-order valence-corrected chi connectivity index (χ0v) is 14.7. The second kappa shape index (κ2) is 7.94. The van der Waals surface area contributed by atoms with E-state index in [0.29, 0.717) is 22.7 Å². The molecular formula is C20H17ClN2O3. The van der Waals surface area contributed by atoms with E-state index in [0.717, 1.165) is 11.3 Å². The molecule has 5 nitrogen and oxygen atoms in total. The summed E-state index contributed by atoms with van der Waals surface area (Å²) in [6.07, 6.45) is 5.68. The Hall–Kier alpha value is -2.97. The van der Waals surface area contributed by atoms with Crippen LogP contribution in [0.3, 0.4) is 0 Å². The zero-order valence-electron chi connectivity index (χ0n) is 13.9. The van der Waals surface area contributed by atoms with E-state index in [2.05, 4.69) is 16.6 Å². The van der Waals surface area contributed by atoms with E-state index in [1.807, 2.05) is 0 Å². The Balaban J connectivity index is 1.73. The minimum Gasteiger partial charge on any atom is -0.492 e. The van der Waals surface area contributed by atoms with Crippen LogP contribution in [0.15, 0.2) is 42.5 Å². The molecule has 0 radical (unpaired) electrons. The third-order valence-corrected chi connectivity index (χ3v) is 4.32.